The zero-order valence-electron chi connectivity index (χ0n) is 18.7. The first-order chi connectivity index (χ1) is 16.7. The zero-order valence-corrected chi connectivity index (χ0v) is 18.7. The Morgan fingerprint density at radius 3 is 1.97 bits per heavy atom. The van der Waals surface area contributed by atoms with E-state index in [1.165, 1.54) is 7.11 Å². The minimum absolute atomic E-state index is 0.0327. The SMILES string of the molecule is COC(=O)[C@H](Cc1c2ccccc2cc2ccccc12)NC(=O)[C@@H](O)c1ccc(C(F)(F)F)cc1. The van der Waals surface area contributed by atoms with Gasteiger partial charge in [-0.15, -0.1) is 0 Å². The van der Waals surface area contributed by atoms with Crippen LogP contribution in [0.15, 0.2) is 78.9 Å². The van der Waals surface area contributed by atoms with Crippen molar-refractivity contribution in [2.45, 2.75) is 24.7 Å². The van der Waals surface area contributed by atoms with E-state index in [-0.39, 0.29) is 12.0 Å². The van der Waals surface area contributed by atoms with Crippen molar-refractivity contribution < 1.29 is 32.6 Å². The fourth-order valence-electron chi connectivity index (χ4n) is 4.12. The van der Waals surface area contributed by atoms with Crippen LogP contribution in [0.1, 0.15) is 22.8 Å². The van der Waals surface area contributed by atoms with Crippen molar-refractivity contribution in [3.8, 4) is 0 Å². The Labute approximate surface area is 199 Å². The maximum absolute atomic E-state index is 12.8. The Morgan fingerprint density at radius 1 is 0.914 bits per heavy atom. The van der Waals surface area contributed by atoms with Crippen molar-refractivity contribution in [1.82, 2.24) is 5.32 Å². The molecule has 8 heteroatoms. The van der Waals surface area contributed by atoms with E-state index in [0.717, 1.165) is 51.4 Å². The number of fused-ring (bicyclic) bond motifs is 2. The summed E-state index contributed by atoms with van der Waals surface area (Å²) in [6, 6.07) is 19.8. The minimum atomic E-state index is -4.54. The van der Waals surface area contributed by atoms with Gasteiger partial charge >= 0.3 is 12.1 Å². The van der Waals surface area contributed by atoms with Gasteiger partial charge in [-0.25, -0.2) is 4.79 Å². The summed E-state index contributed by atoms with van der Waals surface area (Å²) in [6.45, 7) is 0. The molecule has 5 nitrogen and oxygen atoms in total. The number of carbonyl (C=O) groups is 2. The Bertz CT molecular complexity index is 1330. The van der Waals surface area contributed by atoms with E-state index in [2.05, 4.69) is 5.32 Å². The standard InChI is InChI=1S/C27H22F3NO4/c1-35-26(34)23(31-25(33)24(32)16-10-12-19(13-11-16)27(28,29)30)15-22-20-8-4-2-6-17(20)14-18-7-3-5-9-21(18)22/h2-14,23-24,32H,15H2,1H3,(H,31,33)/t23-,24-/m0/s1. The van der Waals surface area contributed by atoms with Crippen molar-refractivity contribution >= 4 is 33.4 Å². The van der Waals surface area contributed by atoms with E-state index >= 15 is 0 Å². The van der Waals surface area contributed by atoms with Crippen molar-refractivity contribution in [3.05, 3.63) is 95.6 Å². The van der Waals surface area contributed by atoms with Crippen LogP contribution in [0.2, 0.25) is 0 Å². The van der Waals surface area contributed by atoms with Gasteiger partial charge in [-0.3, -0.25) is 4.79 Å². The third kappa shape index (κ3) is 5.12. The Balaban J connectivity index is 1.64. The Hall–Kier alpha value is -3.91. The largest absolute Gasteiger partial charge is 0.467 e. The van der Waals surface area contributed by atoms with Crippen LogP contribution in [-0.2, 0) is 26.9 Å². The molecule has 2 atom stereocenters. The van der Waals surface area contributed by atoms with Crippen molar-refractivity contribution in [1.29, 1.82) is 0 Å². The molecule has 0 saturated heterocycles. The molecule has 2 N–H and O–H groups in total. The number of aliphatic hydroxyl groups excluding tert-OH is 1. The number of aliphatic hydroxyl groups is 1. The second kappa shape index (κ2) is 9.76. The van der Waals surface area contributed by atoms with Crippen LogP contribution in [0, 0.1) is 0 Å². The highest BCUT2D eigenvalue weighted by molar-refractivity contribution is 6.02. The second-order valence-corrected chi connectivity index (χ2v) is 8.11. The van der Waals surface area contributed by atoms with Crippen LogP contribution in [-0.4, -0.2) is 30.1 Å². The van der Waals surface area contributed by atoms with E-state index < -0.39 is 35.8 Å². The molecule has 0 aliphatic heterocycles. The molecule has 180 valence electrons. The van der Waals surface area contributed by atoms with Gasteiger partial charge in [0.25, 0.3) is 5.91 Å². The molecule has 0 unspecified atom stereocenters. The van der Waals surface area contributed by atoms with Gasteiger partial charge in [-0.05, 0) is 50.9 Å². The topological polar surface area (TPSA) is 75.6 Å². The summed E-state index contributed by atoms with van der Waals surface area (Å²) >= 11 is 0. The first kappa shape index (κ1) is 24.2. The number of nitrogens with one attached hydrogen (secondary N) is 1. The molecule has 1 amide bonds. The van der Waals surface area contributed by atoms with Gasteiger partial charge in [-0.1, -0.05) is 60.7 Å². The second-order valence-electron chi connectivity index (χ2n) is 8.11. The van der Waals surface area contributed by atoms with Gasteiger partial charge < -0.3 is 15.2 Å². The molecule has 0 heterocycles. The number of carbonyl (C=O) groups excluding carboxylic acids is 2. The Kier molecular flexibility index (Phi) is 6.75. The van der Waals surface area contributed by atoms with Crippen molar-refractivity contribution in [2.24, 2.45) is 0 Å². The molecule has 4 aromatic carbocycles. The van der Waals surface area contributed by atoms with E-state index in [1.807, 2.05) is 54.6 Å². The van der Waals surface area contributed by atoms with Crippen molar-refractivity contribution in [3.63, 3.8) is 0 Å². The highest BCUT2D eigenvalue weighted by atomic mass is 19.4. The third-order valence-corrected chi connectivity index (χ3v) is 5.90. The maximum atomic E-state index is 12.8. The quantitative estimate of drug-likeness (QED) is 0.302. The Morgan fingerprint density at radius 2 is 1.46 bits per heavy atom. The summed E-state index contributed by atoms with van der Waals surface area (Å²) in [4.78, 5) is 25.4. The molecule has 0 spiro atoms. The lowest BCUT2D eigenvalue weighted by Crippen LogP contribution is -2.45. The van der Waals surface area contributed by atoms with Gasteiger partial charge in [0.2, 0.25) is 0 Å². The van der Waals surface area contributed by atoms with Gasteiger partial charge in [-0.2, -0.15) is 13.2 Å². The molecular weight excluding hydrogens is 459 g/mol. The summed E-state index contributed by atoms with van der Waals surface area (Å²) in [5.74, 6) is -1.64. The summed E-state index contributed by atoms with van der Waals surface area (Å²) in [6.07, 6.45) is -6.23. The average Bonchev–Trinajstić information content (AvgIpc) is 2.86. The van der Waals surface area contributed by atoms with Gasteiger partial charge in [0.05, 0.1) is 12.7 Å². The minimum Gasteiger partial charge on any atom is -0.467 e. The van der Waals surface area contributed by atoms with Crippen LogP contribution in [0.25, 0.3) is 21.5 Å². The smallest absolute Gasteiger partial charge is 0.416 e. The lowest BCUT2D eigenvalue weighted by Gasteiger charge is -2.21. The van der Waals surface area contributed by atoms with Crippen LogP contribution in [0.5, 0.6) is 0 Å². The summed E-state index contributed by atoms with van der Waals surface area (Å²) in [7, 11) is 1.19. The van der Waals surface area contributed by atoms with Crippen LogP contribution in [0.4, 0.5) is 13.2 Å². The number of alkyl halides is 3. The van der Waals surface area contributed by atoms with Gasteiger partial charge in [0.15, 0.2) is 6.10 Å². The fraction of sp³-hybridized carbons (Fsp3) is 0.185. The van der Waals surface area contributed by atoms with E-state index in [0.29, 0.717) is 0 Å². The van der Waals surface area contributed by atoms with Crippen LogP contribution < -0.4 is 5.32 Å². The number of hydrogen-bond acceptors (Lipinski definition) is 4. The molecular formula is C27H22F3NO4. The van der Waals surface area contributed by atoms with Gasteiger partial charge in [0, 0.05) is 6.42 Å². The lowest BCUT2D eigenvalue weighted by atomic mass is 9.92. The summed E-state index contributed by atoms with van der Waals surface area (Å²) in [5.41, 5.74) is -0.114. The highest BCUT2D eigenvalue weighted by Crippen LogP contribution is 2.31. The first-order valence-corrected chi connectivity index (χ1v) is 10.8. The monoisotopic (exact) mass is 481 g/mol. The zero-order chi connectivity index (χ0) is 25.2. The van der Waals surface area contributed by atoms with E-state index in [9.17, 15) is 27.9 Å². The molecule has 4 aromatic rings. The molecule has 0 saturated carbocycles. The number of ether oxygens (including phenoxy) is 1. The molecule has 0 aromatic heterocycles. The number of hydrogen-bond donors (Lipinski definition) is 2. The average molecular weight is 481 g/mol. The third-order valence-electron chi connectivity index (χ3n) is 5.90. The number of halogens is 3. The molecule has 4 rings (SSSR count). The highest BCUT2D eigenvalue weighted by Gasteiger charge is 2.31. The number of amides is 1. The molecule has 0 radical (unpaired) electrons. The molecule has 0 aliphatic rings. The van der Waals surface area contributed by atoms with Gasteiger partial charge in [0.1, 0.15) is 6.04 Å². The molecule has 0 bridgehead atoms. The van der Waals surface area contributed by atoms with Crippen LogP contribution in [0.3, 0.4) is 0 Å². The lowest BCUT2D eigenvalue weighted by molar-refractivity contribution is -0.146. The number of rotatable bonds is 6. The normalized spacial score (nSPS) is 13.4. The first-order valence-electron chi connectivity index (χ1n) is 10.8. The van der Waals surface area contributed by atoms with E-state index in [1.54, 1.807) is 0 Å². The summed E-state index contributed by atoms with van der Waals surface area (Å²) < 4.78 is 43.3. The maximum Gasteiger partial charge on any atom is 0.416 e. The fourth-order valence-corrected chi connectivity index (χ4v) is 4.12. The van der Waals surface area contributed by atoms with Crippen molar-refractivity contribution in [2.75, 3.05) is 7.11 Å². The van der Waals surface area contributed by atoms with Crippen LogP contribution >= 0.6 is 0 Å². The molecule has 0 fully saturated rings. The summed E-state index contributed by atoms with van der Waals surface area (Å²) in [5, 5.41) is 16.7. The molecule has 0 aliphatic carbocycles. The van der Waals surface area contributed by atoms with E-state index in [4.69, 9.17) is 4.74 Å². The predicted octanol–water partition coefficient (Wildman–Crippen LogP) is 4.95. The molecule has 35 heavy (non-hydrogen) atoms. The number of esters is 1. The predicted molar refractivity (Wildman–Crippen MR) is 126 cm³/mol. The number of benzene rings is 4. The number of methoxy groups -OCH3 is 1.